The molecule has 6 nitrogen and oxygen atoms in total. The molecule has 0 aliphatic carbocycles. The molecule has 0 amide bonds. The maximum Gasteiger partial charge on any atom is 0.137 e. The summed E-state index contributed by atoms with van der Waals surface area (Å²) in [6.07, 6.45) is 4.13. The van der Waals surface area contributed by atoms with Crippen molar-refractivity contribution in [1.82, 2.24) is 19.9 Å². The van der Waals surface area contributed by atoms with E-state index in [4.69, 9.17) is 0 Å². The highest BCUT2D eigenvalue weighted by Gasteiger charge is 2.03. The van der Waals surface area contributed by atoms with E-state index in [0.717, 1.165) is 53.0 Å². The van der Waals surface area contributed by atoms with Crippen molar-refractivity contribution in [3.8, 4) is 0 Å². The smallest absolute Gasteiger partial charge is 0.137 e. The number of aromatic nitrogens is 4. The summed E-state index contributed by atoms with van der Waals surface area (Å²) in [6, 6.07) is 16.0. The standard InChI is InChI=1S/C19H18N6/c1-3-8-16-14(6-1)18(24-12-22-16)20-10-5-11-21-19-15-7-2-4-9-17(15)23-13-25-19/h1-4,6-9,12-13H,5,10-11H2,(H,20,22,24)(H,21,23,25). The maximum atomic E-state index is 4.34. The van der Waals surface area contributed by atoms with Crippen molar-refractivity contribution in [3.63, 3.8) is 0 Å². The van der Waals surface area contributed by atoms with Gasteiger partial charge in [-0.3, -0.25) is 0 Å². The molecule has 0 unspecified atom stereocenters. The fourth-order valence-electron chi connectivity index (χ4n) is 2.79. The van der Waals surface area contributed by atoms with Crippen LogP contribution in [-0.2, 0) is 0 Å². The Bertz CT molecular complexity index is 909. The Morgan fingerprint density at radius 2 is 1.08 bits per heavy atom. The molecule has 4 rings (SSSR count). The molecular weight excluding hydrogens is 312 g/mol. The normalized spacial score (nSPS) is 10.9. The predicted octanol–water partition coefficient (Wildman–Crippen LogP) is 3.49. The summed E-state index contributed by atoms with van der Waals surface area (Å²) in [7, 11) is 0. The van der Waals surface area contributed by atoms with Crippen LogP contribution in [0.1, 0.15) is 6.42 Å². The lowest BCUT2D eigenvalue weighted by Crippen LogP contribution is -2.11. The zero-order valence-electron chi connectivity index (χ0n) is 13.7. The van der Waals surface area contributed by atoms with E-state index in [0.29, 0.717) is 0 Å². The van der Waals surface area contributed by atoms with Gasteiger partial charge in [0.15, 0.2) is 0 Å². The SMILES string of the molecule is c1ccc2c(NCCCNc3ncnc4ccccc34)ncnc2c1. The minimum absolute atomic E-state index is 0.816. The average molecular weight is 330 g/mol. The molecule has 6 heteroatoms. The van der Waals surface area contributed by atoms with Crippen molar-refractivity contribution in [2.75, 3.05) is 23.7 Å². The van der Waals surface area contributed by atoms with Crippen LogP contribution in [0.25, 0.3) is 21.8 Å². The second-order valence-electron chi connectivity index (χ2n) is 5.69. The largest absolute Gasteiger partial charge is 0.369 e. The summed E-state index contributed by atoms with van der Waals surface area (Å²) < 4.78 is 0. The van der Waals surface area contributed by atoms with Gasteiger partial charge in [-0.1, -0.05) is 24.3 Å². The lowest BCUT2D eigenvalue weighted by molar-refractivity contribution is 0.899. The number of benzene rings is 2. The van der Waals surface area contributed by atoms with E-state index in [9.17, 15) is 0 Å². The van der Waals surface area contributed by atoms with Crippen molar-refractivity contribution < 1.29 is 0 Å². The van der Waals surface area contributed by atoms with Crippen LogP contribution in [0.3, 0.4) is 0 Å². The van der Waals surface area contributed by atoms with Gasteiger partial charge in [-0.05, 0) is 30.7 Å². The molecule has 0 aliphatic rings. The Labute approximate surface area is 145 Å². The minimum Gasteiger partial charge on any atom is -0.369 e. The molecule has 124 valence electrons. The van der Waals surface area contributed by atoms with E-state index >= 15 is 0 Å². The number of para-hydroxylation sites is 2. The molecule has 0 bridgehead atoms. The van der Waals surface area contributed by atoms with Crippen LogP contribution in [0.15, 0.2) is 61.2 Å². The summed E-state index contributed by atoms with van der Waals surface area (Å²) >= 11 is 0. The molecule has 2 aromatic carbocycles. The highest BCUT2D eigenvalue weighted by atomic mass is 15.0. The zero-order chi connectivity index (χ0) is 16.9. The molecule has 25 heavy (non-hydrogen) atoms. The number of hydrogen-bond donors (Lipinski definition) is 2. The van der Waals surface area contributed by atoms with Crippen LogP contribution < -0.4 is 10.6 Å². The summed E-state index contributed by atoms with van der Waals surface area (Å²) in [4.78, 5) is 17.2. The third-order valence-corrected chi connectivity index (χ3v) is 4.02. The van der Waals surface area contributed by atoms with Gasteiger partial charge in [-0.15, -0.1) is 0 Å². The lowest BCUT2D eigenvalue weighted by atomic mass is 10.2. The zero-order valence-corrected chi connectivity index (χ0v) is 13.7. The Morgan fingerprint density at radius 1 is 0.600 bits per heavy atom. The highest BCUT2D eigenvalue weighted by Crippen LogP contribution is 2.19. The number of fused-ring (bicyclic) bond motifs is 2. The fourth-order valence-corrected chi connectivity index (χ4v) is 2.79. The Balaban J connectivity index is 1.35. The van der Waals surface area contributed by atoms with Crippen LogP contribution in [0.5, 0.6) is 0 Å². The van der Waals surface area contributed by atoms with Gasteiger partial charge in [0, 0.05) is 23.9 Å². The van der Waals surface area contributed by atoms with Gasteiger partial charge in [0.1, 0.15) is 24.3 Å². The Kier molecular flexibility index (Phi) is 4.33. The molecule has 0 atom stereocenters. The van der Waals surface area contributed by atoms with E-state index in [2.05, 4.69) is 30.6 Å². The van der Waals surface area contributed by atoms with Gasteiger partial charge in [0.25, 0.3) is 0 Å². The van der Waals surface area contributed by atoms with E-state index in [1.807, 2.05) is 48.5 Å². The molecule has 0 fully saturated rings. The minimum atomic E-state index is 0.816. The third kappa shape index (κ3) is 3.33. The number of nitrogens with one attached hydrogen (secondary N) is 2. The van der Waals surface area contributed by atoms with Gasteiger partial charge < -0.3 is 10.6 Å². The first-order valence-electron chi connectivity index (χ1n) is 8.29. The van der Waals surface area contributed by atoms with Gasteiger partial charge in [0.05, 0.1) is 11.0 Å². The monoisotopic (exact) mass is 330 g/mol. The third-order valence-electron chi connectivity index (χ3n) is 4.02. The molecule has 0 saturated heterocycles. The van der Waals surface area contributed by atoms with Crippen molar-refractivity contribution in [2.45, 2.75) is 6.42 Å². The molecule has 0 aliphatic heterocycles. The van der Waals surface area contributed by atoms with Gasteiger partial charge in [-0.25, -0.2) is 19.9 Å². The van der Waals surface area contributed by atoms with E-state index < -0.39 is 0 Å². The topological polar surface area (TPSA) is 75.6 Å². The average Bonchev–Trinajstić information content (AvgIpc) is 2.68. The quantitative estimate of drug-likeness (QED) is 0.527. The van der Waals surface area contributed by atoms with E-state index in [-0.39, 0.29) is 0 Å². The van der Waals surface area contributed by atoms with Crippen LogP contribution in [-0.4, -0.2) is 33.0 Å². The van der Waals surface area contributed by atoms with Crippen molar-refractivity contribution >= 4 is 33.4 Å². The fraction of sp³-hybridized carbons (Fsp3) is 0.158. The van der Waals surface area contributed by atoms with E-state index in [1.165, 1.54) is 0 Å². The van der Waals surface area contributed by atoms with Crippen molar-refractivity contribution in [3.05, 3.63) is 61.2 Å². The summed E-state index contributed by atoms with van der Waals surface area (Å²) in [5, 5.41) is 8.86. The summed E-state index contributed by atoms with van der Waals surface area (Å²) in [5.41, 5.74) is 1.90. The summed E-state index contributed by atoms with van der Waals surface area (Å²) in [6.45, 7) is 1.63. The number of rotatable bonds is 6. The van der Waals surface area contributed by atoms with Crippen molar-refractivity contribution in [2.24, 2.45) is 0 Å². The van der Waals surface area contributed by atoms with Crippen LogP contribution in [0.2, 0.25) is 0 Å². The number of anilines is 2. The van der Waals surface area contributed by atoms with Gasteiger partial charge >= 0.3 is 0 Å². The predicted molar refractivity (Wildman–Crippen MR) is 101 cm³/mol. The molecule has 0 saturated carbocycles. The summed E-state index contributed by atoms with van der Waals surface area (Å²) in [5.74, 6) is 1.75. The van der Waals surface area contributed by atoms with Crippen LogP contribution in [0, 0.1) is 0 Å². The Hall–Kier alpha value is -3.28. The molecule has 0 radical (unpaired) electrons. The second-order valence-corrected chi connectivity index (χ2v) is 5.69. The molecule has 2 N–H and O–H groups in total. The first-order chi connectivity index (χ1) is 12.4. The molecule has 0 spiro atoms. The lowest BCUT2D eigenvalue weighted by Gasteiger charge is -2.10. The molecule has 4 aromatic rings. The van der Waals surface area contributed by atoms with Gasteiger partial charge in [-0.2, -0.15) is 0 Å². The first kappa shape index (κ1) is 15.3. The maximum absolute atomic E-state index is 4.34. The van der Waals surface area contributed by atoms with Gasteiger partial charge in [0.2, 0.25) is 0 Å². The van der Waals surface area contributed by atoms with Crippen molar-refractivity contribution in [1.29, 1.82) is 0 Å². The second kappa shape index (κ2) is 7.09. The first-order valence-corrected chi connectivity index (χ1v) is 8.29. The highest BCUT2D eigenvalue weighted by molar-refractivity contribution is 5.89. The molecule has 2 aromatic heterocycles. The van der Waals surface area contributed by atoms with E-state index in [1.54, 1.807) is 12.7 Å². The molecule has 2 heterocycles. The van der Waals surface area contributed by atoms with Crippen LogP contribution in [0.4, 0.5) is 11.6 Å². The molecular formula is C19H18N6. The number of hydrogen-bond acceptors (Lipinski definition) is 6. The van der Waals surface area contributed by atoms with Crippen LogP contribution >= 0.6 is 0 Å². The Morgan fingerprint density at radius 3 is 1.60 bits per heavy atom. The number of nitrogens with zero attached hydrogens (tertiary/aromatic N) is 4.